The molecule has 0 saturated carbocycles. The SMILES string of the molecule is Cc1ccsc1CN(C)CC(=O)N1CCN(c2ccc(O)cc2)CC1. The largest absolute Gasteiger partial charge is 0.508 e. The van der Waals surface area contributed by atoms with Gasteiger partial charge in [0.25, 0.3) is 0 Å². The molecule has 134 valence electrons. The Kier molecular flexibility index (Phi) is 5.60. The Balaban J connectivity index is 1.48. The maximum absolute atomic E-state index is 12.5. The first-order chi connectivity index (χ1) is 12.0. The molecule has 5 nitrogen and oxygen atoms in total. The smallest absolute Gasteiger partial charge is 0.236 e. The number of anilines is 1. The number of phenols is 1. The zero-order chi connectivity index (χ0) is 17.8. The summed E-state index contributed by atoms with van der Waals surface area (Å²) in [5.74, 6) is 0.476. The van der Waals surface area contributed by atoms with Gasteiger partial charge in [-0.2, -0.15) is 0 Å². The average molecular weight is 359 g/mol. The number of hydrogen-bond acceptors (Lipinski definition) is 5. The Morgan fingerprint density at radius 1 is 1.16 bits per heavy atom. The molecule has 0 radical (unpaired) electrons. The minimum Gasteiger partial charge on any atom is -0.508 e. The van der Waals surface area contributed by atoms with Crippen LogP contribution in [0.4, 0.5) is 5.69 Å². The summed E-state index contributed by atoms with van der Waals surface area (Å²) < 4.78 is 0. The Bertz CT molecular complexity index is 706. The van der Waals surface area contributed by atoms with Crippen molar-refractivity contribution in [2.75, 3.05) is 44.7 Å². The summed E-state index contributed by atoms with van der Waals surface area (Å²) in [5.41, 5.74) is 2.39. The zero-order valence-electron chi connectivity index (χ0n) is 14.8. The monoisotopic (exact) mass is 359 g/mol. The van der Waals surface area contributed by atoms with Crippen molar-refractivity contribution in [2.45, 2.75) is 13.5 Å². The average Bonchev–Trinajstić information content (AvgIpc) is 3.00. The Labute approximate surface area is 153 Å². The summed E-state index contributed by atoms with van der Waals surface area (Å²) >= 11 is 1.75. The lowest BCUT2D eigenvalue weighted by molar-refractivity contribution is -0.132. The first-order valence-corrected chi connectivity index (χ1v) is 9.44. The van der Waals surface area contributed by atoms with E-state index in [-0.39, 0.29) is 11.7 Å². The van der Waals surface area contributed by atoms with Gasteiger partial charge in [0, 0.05) is 43.3 Å². The van der Waals surface area contributed by atoms with Gasteiger partial charge in [-0.05, 0) is 55.2 Å². The van der Waals surface area contributed by atoms with Crippen LogP contribution in [0.1, 0.15) is 10.4 Å². The molecule has 1 aliphatic heterocycles. The molecular weight excluding hydrogens is 334 g/mol. The molecule has 0 spiro atoms. The normalized spacial score (nSPS) is 15.0. The summed E-state index contributed by atoms with van der Waals surface area (Å²) in [6, 6.07) is 9.37. The number of amides is 1. The number of piperazine rings is 1. The minimum absolute atomic E-state index is 0.196. The predicted molar refractivity (Wildman–Crippen MR) is 102 cm³/mol. The predicted octanol–water partition coefficient (Wildman–Crippen LogP) is 2.54. The molecule has 25 heavy (non-hydrogen) atoms. The second-order valence-electron chi connectivity index (χ2n) is 6.58. The van der Waals surface area contributed by atoms with Crippen LogP contribution in [0.3, 0.4) is 0 Å². The number of carbonyl (C=O) groups excluding carboxylic acids is 1. The van der Waals surface area contributed by atoms with E-state index in [1.165, 1.54) is 10.4 Å². The molecule has 6 heteroatoms. The van der Waals surface area contributed by atoms with E-state index in [2.05, 4.69) is 28.2 Å². The highest BCUT2D eigenvalue weighted by molar-refractivity contribution is 7.10. The standard InChI is InChI=1S/C19H25N3O2S/c1-15-7-12-25-18(15)13-20(2)14-19(24)22-10-8-21(9-11-22)16-3-5-17(23)6-4-16/h3-7,12,23H,8-11,13-14H2,1-2H3. The van der Waals surface area contributed by atoms with Gasteiger partial charge in [-0.25, -0.2) is 0 Å². The molecule has 1 saturated heterocycles. The van der Waals surface area contributed by atoms with Gasteiger partial charge in [0.15, 0.2) is 0 Å². The molecule has 1 aromatic carbocycles. The number of aromatic hydroxyl groups is 1. The number of benzene rings is 1. The maximum atomic E-state index is 12.5. The van der Waals surface area contributed by atoms with Crippen molar-refractivity contribution in [2.24, 2.45) is 0 Å². The summed E-state index contributed by atoms with van der Waals surface area (Å²) in [6.45, 7) is 6.52. The third kappa shape index (κ3) is 4.52. The molecule has 0 bridgehead atoms. The van der Waals surface area contributed by atoms with E-state index >= 15 is 0 Å². The van der Waals surface area contributed by atoms with Crippen LogP contribution in [0.15, 0.2) is 35.7 Å². The van der Waals surface area contributed by atoms with Crippen molar-refractivity contribution in [1.82, 2.24) is 9.80 Å². The highest BCUT2D eigenvalue weighted by Crippen LogP contribution is 2.20. The van der Waals surface area contributed by atoms with Crippen LogP contribution < -0.4 is 4.90 Å². The summed E-state index contributed by atoms with van der Waals surface area (Å²) in [4.78, 5) is 20.2. The quantitative estimate of drug-likeness (QED) is 0.891. The lowest BCUT2D eigenvalue weighted by Crippen LogP contribution is -2.51. The van der Waals surface area contributed by atoms with Gasteiger partial charge >= 0.3 is 0 Å². The van der Waals surface area contributed by atoms with Crippen LogP contribution in [0.2, 0.25) is 0 Å². The summed E-state index contributed by atoms with van der Waals surface area (Å²) in [5, 5.41) is 11.5. The van der Waals surface area contributed by atoms with Gasteiger partial charge in [-0.1, -0.05) is 0 Å². The van der Waals surface area contributed by atoms with Gasteiger partial charge in [-0.3, -0.25) is 9.69 Å². The molecule has 0 aliphatic carbocycles. The molecule has 1 aliphatic rings. The van der Waals surface area contributed by atoms with E-state index in [1.807, 2.05) is 24.1 Å². The van der Waals surface area contributed by atoms with E-state index < -0.39 is 0 Å². The van der Waals surface area contributed by atoms with Crippen LogP contribution in [-0.4, -0.2) is 60.6 Å². The molecule has 3 rings (SSSR count). The van der Waals surface area contributed by atoms with Crippen LogP contribution in [0.5, 0.6) is 5.75 Å². The topological polar surface area (TPSA) is 47.0 Å². The van der Waals surface area contributed by atoms with E-state index in [0.29, 0.717) is 6.54 Å². The lowest BCUT2D eigenvalue weighted by Gasteiger charge is -2.36. The first kappa shape index (κ1) is 17.8. The molecule has 0 unspecified atom stereocenters. The van der Waals surface area contributed by atoms with Gasteiger partial charge in [0.05, 0.1) is 6.54 Å². The molecular formula is C19H25N3O2S. The highest BCUT2D eigenvalue weighted by atomic mass is 32.1. The van der Waals surface area contributed by atoms with E-state index in [1.54, 1.807) is 23.5 Å². The molecule has 1 amide bonds. The first-order valence-electron chi connectivity index (χ1n) is 8.56. The van der Waals surface area contributed by atoms with E-state index in [9.17, 15) is 9.90 Å². The van der Waals surface area contributed by atoms with Gasteiger partial charge in [0.2, 0.25) is 5.91 Å². The van der Waals surface area contributed by atoms with Gasteiger partial charge < -0.3 is 14.9 Å². The van der Waals surface area contributed by atoms with Crippen LogP contribution in [0.25, 0.3) is 0 Å². The number of nitrogens with zero attached hydrogens (tertiary/aromatic N) is 3. The summed E-state index contributed by atoms with van der Waals surface area (Å²) in [6.07, 6.45) is 0. The van der Waals surface area contributed by atoms with Crippen molar-refractivity contribution < 1.29 is 9.90 Å². The van der Waals surface area contributed by atoms with Crippen molar-refractivity contribution in [3.63, 3.8) is 0 Å². The van der Waals surface area contributed by atoms with Crippen LogP contribution in [-0.2, 0) is 11.3 Å². The van der Waals surface area contributed by atoms with Gasteiger partial charge in [-0.15, -0.1) is 11.3 Å². The molecule has 1 N–H and O–H groups in total. The molecule has 1 aromatic heterocycles. The van der Waals surface area contributed by atoms with Crippen molar-refractivity contribution in [1.29, 1.82) is 0 Å². The number of hydrogen-bond donors (Lipinski definition) is 1. The van der Waals surface area contributed by atoms with E-state index in [4.69, 9.17) is 0 Å². The van der Waals surface area contributed by atoms with Crippen molar-refractivity contribution in [3.8, 4) is 5.75 Å². The molecule has 2 heterocycles. The number of thiophene rings is 1. The van der Waals surface area contributed by atoms with Crippen LogP contribution in [0, 0.1) is 6.92 Å². The fourth-order valence-electron chi connectivity index (χ4n) is 3.08. The number of rotatable bonds is 5. The Morgan fingerprint density at radius 3 is 2.44 bits per heavy atom. The van der Waals surface area contributed by atoms with Crippen LogP contribution >= 0.6 is 11.3 Å². The Hall–Kier alpha value is -2.05. The fourth-order valence-corrected chi connectivity index (χ4v) is 4.06. The third-order valence-corrected chi connectivity index (χ3v) is 5.64. The second kappa shape index (κ2) is 7.89. The van der Waals surface area contributed by atoms with Crippen molar-refractivity contribution >= 4 is 22.9 Å². The number of phenolic OH excluding ortho intramolecular Hbond substituents is 1. The van der Waals surface area contributed by atoms with E-state index in [0.717, 1.165) is 38.4 Å². The zero-order valence-corrected chi connectivity index (χ0v) is 15.6. The fraction of sp³-hybridized carbons (Fsp3) is 0.421. The third-order valence-electron chi connectivity index (χ3n) is 4.63. The summed E-state index contributed by atoms with van der Waals surface area (Å²) in [7, 11) is 2.00. The van der Waals surface area contributed by atoms with Crippen molar-refractivity contribution in [3.05, 3.63) is 46.2 Å². The maximum Gasteiger partial charge on any atom is 0.236 e. The molecule has 1 fully saturated rings. The number of carbonyl (C=O) groups is 1. The Morgan fingerprint density at radius 2 is 1.84 bits per heavy atom. The highest BCUT2D eigenvalue weighted by Gasteiger charge is 2.22. The second-order valence-corrected chi connectivity index (χ2v) is 7.58. The number of aryl methyl sites for hydroxylation is 1. The lowest BCUT2D eigenvalue weighted by atomic mass is 10.2. The molecule has 0 atom stereocenters. The molecule has 2 aromatic rings. The number of likely N-dealkylation sites (N-methyl/N-ethyl adjacent to an activating group) is 1. The minimum atomic E-state index is 0.196. The van der Waals surface area contributed by atoms with Gasteiger partial charge in [0.1, 0.15) is 5.75 Å².